The number of hydrogen-bond donors (Lipinski definition) is 1. The van der Waals surface area contributed by atoms with Crippen LogP contribution in [0.5, 0.6) is 0 Å². The van der Waals surface area contributed by atoms with E-state index in [1.54, 1.807) is 13.0 Å². The van der Waals surface area contributed by atoms with Crippen molar-refractivity contribution in [3.8, 4) is 6.07 Å². The van der Waals surface area contributed by atoms with Crippen molar-refractivity contribution in [1.29, 1.82) is 5.26 Å². The maximum atomic E-state index is 13.3. The molecule has 0 aliphatic carbocycles. The largest absolute Gasteiger partial charge is 0.314 e. The third kappa shape index (κ3) is 3.12. The predicted octanol–water partition coefficient (Wildman–Crippen LogP) is 1.86. The molecule has 0 saturated carbocycles. The van der Waals surface area contributed by atoms with E-state index in [4.69, 9.17) is 0 Å². The standard InChI is InChI=1S/C15H20FN3/c1-12-9-13(3-4-14(12)16)10-15(2,11-17)19-7-5-18-6-8-19/h3-4,9,18H,5-8,10H2,1-2H3. The molecule has 1 fully saturated rings. The summed E-state index contributed by atoms with van der Waals surface area (Å²) in [4.78, 5) is 2.21. The van der Waals surface area contributed by atoms with Gasteiger partial charge in [0.05, 0.1) is 6.07 Å². The van der Waals surface area contributed by atoms with Crippen LogP contribution in [-0.2, 0) is 6.42 Å². The van der Waals surface area contributed by atoms with Gasteiger partial charge in [-0.05, 0) is 31.0 Å². The van der Waals surface area contributed by atoms with Gasteiger partial charge in [-0.15, -0.1) is 0 Å². The minimum Gasteiger partial charge on any atom is -0.314 e. The molecule has 1 unspecified atom stereocenters. The molecule has 0 amide bonds. The summed E-state index contributed by atoms with van der Waals surface area (Å²) in [6, 6.07) is 7.54. The Labute approximate surface area is 114 Å². The molecule has 4 heteroatoms. The molecule has 3 nitrogen and oxygen atoms in total. The van der Waals surface area contributed by atoms with Crippen molar-refractivity contribution >= 4 is 0 Å². The second kappa shape index (κ2) is 5.68. The highest BCUT2D eigenvalue weighted by molar-refractivity contribution is 5.27. The Morgan fingerprint density at radius 2 is 2.11 bits per heavy atom. The molecular weight excluding hydrogens is 241 g/mol. The number of halogens is 1. The van der Waals surface area contributed by atoms with Crippen LogP contribution < -0.4 is 5.32 Å². The van der Waals surface area contributed by atoms with Gasteiger partial charge in [-0.3, -0.25) is 4.90 Å². The average Bonchev–Trinajstić information content (AvgIpc) is 2.44. The zero-order valence-electron chi connectivity index (χ0n) is 11.5. The van der Waals surface area contributed by atoms with Crippen molar-refractivity contribution in [2.45, 2.75) is 25.8 Å². The number of aryl methyl sites for hydroxylation is 1. The average molecular weight is 261 g/mol. The molecule has 1 aromatic rings. The molecule has 1 atom stereocenters. The summed E-state index contributed by atoms with van der Waals surface area (Å²) >= 11 is 0. The quantitative estimate of drug-likeness (QED) is 0.902. The molecule has 0 spiro atoms. The second-order valence-corrected chi connectivity index (χ2v) is 5.38. The minimum atomic E-state index is -0.521. The lowest BCUT2D eigenvalue weighted by atomic mass is 9.91. The smallest absolute Gasteiger partial charge is 0.126 e. The summed E-state index contributed by atoms with van der Waals surface area (Å²) in [6.45, 7) is 7.32. The van der Waals surface area contributed by atoms with Gasteiger partial charge in [0, 0.05) is 32.6 Å². The van der Waals surface area contributed by atoms with Crippen LogP contribution in [-0.4, -0.2) is 36.6 Å². The summed E-state index contributed by atoms with van der Waals surface area (Å²) in [6.07, 6.45) is 0.630. The fourth-order valence-corrected chi connectivity index (χ4v) is 2.59. The zero-order chi connectivity index (χ0) is 13.9. The normalized spacial score (nSPS) is 19.7. The van der Waals surface area contributed by atoms with Crippen LogP contribution >= 0.6 is 0 Å². The fraction of sp³-hybridized carbons (Fsp3) is 0.533. The highest BCUT2D eigenvalue weighted by Crippen LogP contribution is 2.22. The van der Waals surface area contributed by atoms with E-state index in [0.29, 0.717) is 12.0 Å². The topological polar surface area (TPSA) is 39.1 Å². The summed E-state index contributed by atoms with van der Waals surface area (Å²) in [7, 11) is 0. The van der Waals surface area contributed by atoms with Crippen molar-refractivity contribution in [2.24, 2.45) is 0 Å². The first-order valence-electron chi connectivity index (χ1n) is 6.67. The lowest BCUT2D eigenvalue weighted by molar-refractivity contribution is 0.132. The Hall–Kier alpha value is -1.44. The van der Waals surface area contributed by atoms with Gasteiger partial charge >= 0.3 is 0 Å². The second-order valence-electron chi connectivity index (χ2n) is 5.38. The van der Waals surface area contributed by atoms with Gasteiger partial charge < -0.3 is 5.32 Å². The van der Waals surface area contributed by atoms with E-state index >= 15 is 0 Å². The molecule has 102 valence electrons. The summed E-state index contributed by atoms with van der Waals surface area (Å²) in [5.41, 5.74) is 1.13. The molecule has 1 aliphatic rings. The van der Waals surface area contributed by atoms with Crippen molar-refractivity contribution in [3.63, 3.8) is 0 Å². The molecule has 1 heterocycles. The van der Waals surface area contributed by atoms with E-state index < -0.39 is 5.54 Å². The number of hydrogen-bond acceptors (Lipinski definition) is 3. The summed E-state index contributed by atoms with van der Waals surface area (Å²) in [5, 5.41) is 12.8. The third-order valence-electron chi connectivity index (χ3n) is 3.83. The van der Waals surface area contributed by atoms with Gasteiger partial charge in [-0.2, -0.15) is 5.26 Å². The minimum absolute atomic E-state index is 0.190. The maximum Gasteiger partial charge on any atom is 0.126 e. The van der Waals surface area contributed by atoms with E-state index in [2.05, 4.69) is 16.3 Å². The Morgan fingerprint density at radius 3 is 2.68 bits per heavy atom. The van der Waals surface area contributed by atoms with Crippen LogP contribution in [0.3, 0.4) is 0 Å². The monoisotopic (exact) mass is 261 g/mol. The van der Waals surface area contributed by atoms with Crippen LogP contribution in [0.15, 0.2) is 18.2 Å². The predicted molar refractivity (Wildman–Crippen MR) is 73.3 cm³/mol. The highest BCUT2D eigenvalue weighted by atomic mass is 19.1. The molecule has 0 radical (unpaired) electrons. The van der Waals surface area contributed by atoms with Crippen LogP contribution in [0.25, 0.3) is 0 Å². The van der Waals surface area contributed by atoms with Crippen molar-refractivity contribution in [3.05, 3.63) is 35.1 Å². The fourth-order valence-electron chi connectivity index (χ4n) is 2.59. The van der Waals surface area contributed by atoms with Gasteiger partial charge in [0.15, 0.2) is 0 Å². The first-order chi connectivity index (χ1) is 9.05. The Morgan fingerprint density at radius 1 is 1.42 bits per heavy atom. The van der Waals surface area contributed by atoms with Crippen LogP contribution in [0.1, 0.15) is 18.1 Å². The molecule has 1 aromatic carbocycles. The molecule has 0 bridgehead atoms. The Kier molecular flexibility index (Phi) is 4.18. The first-order valence-corrected chi connectivity index (χ1v) is 6.67. The third-order valence-corrected chi connectivity index (χ3v) is 3.83. The van der Waals surface area contributed by atoms with E-state index in [1.807, 2.05) is 13.0 Å². The zero-order valence-corrected chi connectivity index (χ0v) is 11.5. The molecule has 19 heavy (non-hydrogen) atoms. The molecule has 0 aromatic heterocycles. The molecule has 1 aliphatic heterocycles. The van der Waals surface area contributed by atoms with Crippen molar-refractivity contribution in [1.82, 2.24) is 10.2 Å². The lowest BCUT2D eigenvalue weighted by Gasteiger charge is -2.39. The van der Waals surface area contributed by atoms with Crippen LogP contribution in [0, 0.1) is 24.1 Å². The van der Waals surface area contributed by atoms with Crippen molar-refractivity contribution in [2.75, 3.05) is 26.2 Å². The van der Waals surface area contributed by atoms with E-state index in [0.717, 1.165) is 31.7 Å². The lowest BCUT2D eigenvalue weighted by Crippen LogP contribution is -2.55. The van der Waals surface area contributed by atoms with Crippen LogP contribution in [0.2, 0.25) is 0 Å². The van der Waals surface area contributed by atoms with Gasteiger partial charge in [0.1, 0.15) is 11.4 Å². The molecule has 2 rings (SSSR count). The molecule has 1 saturated heterocycles. The first kappa shape index (κ1) is 14.0. The highest BCUT2D eigenvalue weighted by Gasteiger charge is 2.32. The van der Waals surface area contributed by atoms with Gasteiger partial charge in [0.2, 0.25) is 0 Å². The van der Waals surface area contributed by atoms with Gasteiger partial charge in [-0.25, -0.2) is 4.39 Å². The van der Waals surface area contributed by atoms with Crippen molar-refractivity contribution < 1.29 is 4.39 Å². The SMILES string of the molecule is Cc1cc(CC(C)(C#N)N2CCNCC2)ccc1F. The van der Waals surface area contributed by atoms with Gasteiger partial charge in [0.25, 0.3) is 0 Å². The Bertz CT molecular complexity index is 489. The molecular formula is C15H20FN3. The number of benzene rings is 1. The van der Waals surface area contributed by atoms with E-state index in [-0.39, 0.29) is 5.82 Å². The number of nitrogens with zero attached hydrogens (tertiary/aromatic N) is 2. The summed E-state index contributed by atoms with van der Waals surface area (Å²) in [5.74, 6) is -0.190. The number of piperazine rings is 1. The van der Waals surface area contributed by atoms with Gasteiger partial charge in [-0.1, -0.05) is 12.1 Å². The van der Waals surface area contributed by atoms with E-state index in [1.165, 1.54) is 6.07 Å². The number of rotatable bonds is 3. The number of nitriles is 1. The number of nitrogens with one attached hydrogen (secondary N) is 1. The summed E-state index contributed by atoms with van der Waals surface area (Å²) < 4.78 is 13.3. The van der Waals surface area contributed by atoms with Crippen LogP contribution in [0.4, 0.5) is 4.39 Å². The maximum absolute atomic E-state index is 13.3. The Balaban J connectivity index is 2.17. The van der Waals surface area contributed by atoms with E-state index in [9.17, 15) is 9.65 Å². The molecule has 1 N–H and O–H groups in total.